The molecule has 0 aliphatic rings. The van der Waals surface area contributed by atoms with Gasteiger partial charge in [0.25, 0.3) is 5.69 Å². The van der Waals surface area contributed by atoms with Crippen molar-refractivity contribution in [1.82, 2.24) is 24.7 Å². The molecule has 0 saturated heterocycles. The van der Waals surface area contributed by atoms with Crippen LogP contribution in [0.15, 0.2) is 60.7 Å². The number of nitriles is 2. The Kier molecular flexibility index (Phi) is 5.11. The van der Waals surface area contributed by atoms with Gasteiger partial charge < -0.3 is 0 Å². The van der Waals surface area contributed by atoms with Crippen molar-refractivity contribution in [3.8, 4) is 35.2 Å². The van der Waals surface area contributed by atoms with E-state index in [1.807, 2.05) is 12.1 Å². The maximum Gasteiger partial charge on any atom is 0.269 e. The van der Waals surface area contributed by atoms with Crippen LogP contribution < -0.4 is 0 Å². The molecule has 0 unspecified atom stereocenters. The number of rotatable bonds is 5. The van der Waals surface area contributed by atoms with Gasteiger partial charge in [-0.15, -0.1) is 5.10 Å². The van der Waals surface area contributed by atoms with Crippen LogP contribution in [0.2, 0.25) is 0 Å². The quantitative estimate of drug-likeness (QED) is 0.361. The molecule has 3 heterocycles. The molecule has 0 amide bonds. The van der Waals surface area contributed by atoms with Crippen molar-refractivity contribution >= 4 is 5.69 Å². The second-order valence-electron chi connectivity index (χ2n) is 6.38. The first-order chi connectivity index (χ1) is 15.1. The summed E-state index contributed by atoms with van der Waals surface area (Å²) in [5.41, 5.74) is 1.86. The smallest absolute Gasteiger partial charge is 0.258 e. The molecular weight excluding hydrogens is 396 g/mol. The zero-order chi connectivity index (χ0) is 21.8. The number of hydrogen-bond donors (Lipinski definition) is 0. The average Bonchev–Trinajstić information content (AvgIpc) is 3.23. The van der Waals surface area contributed by atoms with Crippen molar-refractivity contribution in [3.63, 3.8) is 0 Å². The van der Waals surface area contributed by atoms with Crippen LogP contribution in [0.3, 0.4) is 0 Å². The van der Waals surface area contributed by atoms with E-state index in [4.69, 9.17) is 5.26 Å². The van der Waals surface area contributed by atoms with Crippen molar-refractivity contribution in [2.75, 3.05) is 0 Å². The number of nitrogens with zero attached hydrogens (tertiary/aromatic N) is 8. The number of aromatic nitrogens is 5. The third kappa shape index (κ3) is 4.09. The van der Waals surface area contributed by atoms with Crippen LogP contribution in [0.1, 0.15) is 17.0 Å². The van der Waals surface area contributed by atoms with E-state index in [1.54, 1.807) is 53.2 Å². The summed E-state index contributed by atoms with van der Waals surface area (Å²) in [7, 11) is 0. The minimum absolute atomic E-state index is 0.0348. The molecular formula is C21H12N8O2. The number of hydrogen-bond acceptors (Lipinski definition) is 8. The molecule has 0 aliphatic heterocycles. The predicted octanol–water partition coefficient (Wildman–Crippen LogP) is 3.10. The van der Waals surface area contributed by atoms with Gasteiger partial charge in [0.15, 0.2) is 11.6 Å². The van der Waals surface area contributed by atoms with Gasteiger partial charge in [0.1, 0.15) is 34.9 Å². The second kappa shape index (κ2) is 8.19. The van der Waals surface area contributed by atoms with Gasteiger partial charge in [-0.25, -0.2) is 19.6 Å². The van der Waals surface area contributed by atoms with Gasteiger partial charge in [0.05, 0.1) is 11.5 Å². The molecule has 0 fully saturated rings. The highest BCUT2D eigenvalue weighted by molar-refractivity contribution is 5.58. The minimum atomic E-state index is -0.466. The molecule has 1 aromatic carbocycles. The van der Waals surface area contributed by atoms with Crippen LogP contribution in [0.25, 0.3) is 23.0 Å². The van der Waals surface area contributed by atoms with Crippen LogP contribution >= 0.6 is 0 Å². The van der Waals surface area contributed by atoms with Crippen molar-refractivity contribution in [1.29, 1.82) is 10.5 Å². The Hall–Kier alpha value is -4.96. The molecule has 10 nitrogen and oxygen atoms in total. The fraction of sp³-hybridized carbons (Fsp3) is 0.0476. The SMILES string of the molecule is N#Cc1cccc(-c2nc(-c3cccc(C#N)n3)n(Cc3cccc([N+](=O)[O-])c3)n2)n1. The third-order valence-electron chi connectivity index (χ3n) is 4.31. The van der Waals surface area contributed by atoms with Crippen molar-refractivity contribution in [3.05, 3.63) is 87.7 Å². The van der Waals surface area contributed by atoms with Gasteiger partial charge in [0.2, 0.25) is 0 Å². The minimum Gasteiger partial charge on any atom is -0.258 e. The van der Waals surface area contributed by atoms with E-state index in [0.717, 1.165) is 0 Å². The molecule has 10 heteroatoms. The standard InChI is InChI=1S/C21H12N8O2/c22-11-15-5-2-8-18(24-15)20-26-21(19-9-3-6-16(12-23)25-19)28(27-20)13-14-4-1-7-17(10-14)29(30)31/h1-10H,13H2. The zero-order valence-corrected chi connectivity index (χ0v) is 15.9. The number of non-ortho nitro benzene ring substituents is 1. The number of pyridine rings is 2. The maximum absolute atomic E-state index is 11.1. The normalized spacial score (nSPS) is 10.3. The van der Waals surface area contributed by atoms with Gasteiger partial charge in [-0.05, 0) is 29.8 Å². The third-order valence-corrected chi connectivity index (χ3v) is 4.31. The lowest BCUT2D eigenvalue weighted by molar-refractivity contribution is -0.384. The Morgan fingerprint density at radius 1 is 0.903 bits per heavy atom. The average molecular weight is 408 g/mol. The first-order valence-electron chi connectivity index (χ1n) is 9.00. The van der Waals surface area contributed by atoms with E-state index in [-0.39, 0.29) is 29.4 Å². The lowest BCUT2D eigenvalue weighted by Gasteiger charge is -2.06. The van der Waals surface area contributed by atoms with E-state index in [2.05, 4.69) is 20.1 Å². The molecule has 148 valence electrons. The summed E-state index contributed by atoms with van der Waals surface area (Å²) in [5.74, 6) is 0.629. The number of benzene rings is 1. The fourth-order valence-corrected chi connectivity index (χ4v) is 2.93. The van der Waals surface area contributed by atoms with E-state index in [1.165, 1.54) is 12.1 Å². The Morgan fingerprint density at radius 2 is 1.55 bits per heavy atom. The van der Waals surface area contributed by atoms with E-state index in [9.17, 15) is 15.4 Å². The topological polar surface area (TPSA) is 147 Å². The largest absolute Gasteiger partial charge is 0.269 e. The Balaban J connectivity index is 1.83. The molecule has 0 spiro atoms. The Labute approximate surface area is 175 Å². The van der Waals surface area contributed by atoms with Gasteiger partial charge >= 0.3 is 0 Å². The van der Waals surface area contributed by atoms with Crippen LogP contribution in [0.4, 0.5) is 5.69 Å². The predicted molar refractivity (Wildman–Crippen MR) is 108 cm³/mol. The van der Waals surface area contributed by atoms with Gasteiger partial charge in [0, 0.05) is 12.1 Å². The van der Waals surface area contributed by atoms with Crippen molar-refractivity contribution in [2.24, 2.45) is 0 Å². The molecule has 0 atom stereocenters. The first kappa shape index (κ1) is 19.4. The number of nitro benzene ring substituents is 1. The summed E-state index contributed by atoms with van der Waals surface area (Å²) in [6.07, 6.45) is 0. The second-order valence-corrected chi connectivity index (χ2v) is 6.38. The highest BCUT2D eigenvalue weighted by Gasteiger charge is 2.17. The van der Waals surface area contributed by atoms with Crippen LogP contribution in [0, 0.1) is 32.8 Å². The van der Waals surface area contributed by atoms with Gasteiger partial charge in [-0.1, -0.05) is 24.3 Å². The van der Waals surface area contributed by atoms with E-state index < -0.39 is 4.92 Å². The lowest BCUT2D eigenvalue weighted by atomic mass is 10.2. The summed E-state index contributed by atoms with van der Waals surface area (Å²) >= 11 is 0. The summed E-state index contributed by atoms with van der Waals surface area (Å²) in [6.45, 7) is 0.181. The highest BCUT2D eigenvalue weighted by Crippen LogP contribution is 2.22. The summed E-state index contributed by atoms with van der Waals surface area (Å²) in [5, 5.41) is 33.9. The summed E-state index contributed by atoms with van der Waals surface area (Å²) in [4.78, 5) is 23.7. The molecule has 31 heavy (non-hydrogen) atoms. The van der Waals surface area contributed by atoms with Gasteiger partial charge in [-0.2, -0.15) is 10.5 Å². The molecule has 3 aromatic heterocycles. The summed E-state index contributed by atoms with van der Waals surface area (Å²) < 4.78 is 1.54. The van der Waals surface area contributed by atoms with Crippen LogP contribution in [-0.4, -0.2) is 29.7 Å². The van der Waals surface area contributed by atoms with Crippen molar-refractivity contribution in [2.45, 2.75) is 6.54 Å². The molecule has 0 aliphatic carbocycles. The van der Waals surface area contributed by atoms with Crippen LogP contribution in [-0.2, 0) is 6.54 Å². The highest BCUT2D eigenvalue weighted by atomic mass is 16.6. The Bertz CT molecular complexity index is 1380. The fourth-order valence-electron chi connectivity index (χ4n) is 2.93. The van der Waals surface area contributed by atoms with Crippen LogP contribution in [0.5, 0.6) is 0 Å². The summed E-state index contributed by atoms with van der Waals surface area (Å²) in [6, 6.07) is 20.0. The maximum atomic E-state index is 11.1. The molecule has 0 bridgehead atoms. The molecule has 4 rings (SSSR count). The lowest BCUT2D eigenvalue weighted by Crippen LogP contribution is -2.06. The van der Waals surface area contributed by atoms with E-state index in [0.29, 0.717) is 22.8 Å². The molecule has 4 aromatic rings. The molecule has 0 saturated carbocycles. The zero-order valence-electron chi connectivity index (χ0n) is 15.9. The monoisotopic (exact) mass is 408 g/mol. The van der Waals surface area contributed by atoms with E-state index >= 15 is 0 Å². The number of nitro groups is 1. The van der Waals surface area contributed by atoms with Gasteiger partial charge in [-0.3, -0.25) is 10.1 Å². The Morgan fingerprint density at radius 3 is 2.23 bits per heavy atom. The first-order valence-corrected chi connectivity index (χ1v) is 9.00. The molecule has 0 radical (unpaired) electrons. The molecule has 0 N–H and O–H groups in total. The van der Waals surface area contributed by atoms with Crippen molar-refractivity contribution < 1.29 is 4.92 Å².